The Bertz CT molecular complexity index is 1150. The second kappa shape index (κ2) is 6.87. The number of carbonyl (C=O) groups is 1. The van der Waals surface area contributed by atoms with Crippen LogP contribution in [0.4, 0.5) is 28.2 Å². The highest BCUT2D eigenvalue weighted by Gasteiger charge is 2.78. The zero-order valence-corrected chi connectivity index (χ0v) is 17.7. The van der Waals surface area contributed by atoms with Crippen LogP contribution in [0.5, 0.6) is 0 Å². The topological polar surface area (TPSA) is 94.0 Å². The Hall–Kier alpha value is -2.76. The molecule has 4 aliphatic rings. The van der Waals surface area contributed by atoms with Gasteiger partial charge in [-0.3, -0.25) is 10.00 Å². The highest BCUT2D eigenvalue weighted by Crippen LogP contribution is 2.70. The van der Waals surface area contributed by atoms with Crippen molar-refractivity contribution in [1.29, 1.82) is 0 Å². The number of amides is 1. The highest BCUT2D eigenvalue weighted by atomic mass is 19.3. The van der Waals surface area contributed by atoms with Crippen LogP contribution in [0.15, 0.2) is 6.33 Å². The number of aromatic nitrogens is 4. The Morgan fingerprint density at radius 1 is 1.21 bits per heavy atom. The molecule has 0 aromatic carbocycles. The number of hydrogen-bond donors (Lipinski definition) is 2. The summed E-state index contributed by atoms with van der Waals surface area (Å²) in [7, 11) is 0. The van der Waals surface area contributed by atoms with Crippen LogP contribution in [-0.2, 0) is 17.6 Å². The molecule has 0 unspecified atom stereocenters. The molecule has 0 spiro atoms. The fraction of sp³-hybridized carbons (Fsp3) is 0.619. The predicted octanol–water partition coefficient (Wildman–Crippen LogP) is 3.50. The molecule has 2 N–H and O–H groups in total. The normalized spacial score (nSPS) is 30.2. The monoisotopic (exact) mass is 466 g/mol. The average molecular weight is 466 g/mol. The van der Waals surface area contributed by atoms with Gasteiger partial charge in [-0.2, -0.15) is 5.10 Å². The number of fused-ring (bicyclic) bond motifs is 3. The summed E-state index contributed by atoms with van der Waals surface area (Å²) in [6.07, 6.45) is -2.96. The first-order valence-electron chi connectivity index (χ1n) is 11.0. The van der Waals surface area contributed by atoms with E-state index in [1.807, 2.05) is 4.68 Å². The van der Waals surface area contributed by atoms with E-state index in [1.54, 1.807) is 6.92 Å². The molecule has 1 saturated carbocycles. The third-order valence-electron chi connectivity index (χ3n) is 7.68. The summed E-state index contributed by atoms with van der Waals surface area (Å²) in [6.45, 7) is 3.16. The summed E-state index contributed by atoms with van der Waals surface area (Å²) in [6, 6.07) is 0.0146. The molecule has 33 heavy (non-hydrogen) atoms. The van der Waals surface area contributed by atoms with Crippen LogP contribution < -0.4 is 10.6 Å². The summed E-state index contributed by atoms with van der Waals surface area (Å²) in [5, 5.41) is 10.4. The number of halogens is 4. The van der Waals surface area contributed by atoms with Gasteiger partial charge < -0.3 is 10.1 Å². The number of hydrogen-bond acceptors (Lipinski definition) is 6. The summed E-state index contributed by atoms with van der Waals surface area (Å²) in [5.41, 5.74) is 0.490. The van der Waals surface area contributed by atoms with Gasteiger partial charge in [0.1, 0.15) is 23.5 Å². The second-order valence-electron chi connectivity index (χ2n) is 9.44. The third kappa shape index (κ3) is 2.85. The molecule has 2 aliphatic heterocycles. The third-order valence-corrected chi connectivity index (χ3v) is 7.68. The number of ether oxygens (including phenoxy) is 1. The lowest BCUT2D eigenvalue weighted by molar-refractivity contribution is -0.0170. The molecule has 0 radical (unpaired) electrons. The number of piperidine rings is 1. The van der Waals surface area contributed by atoms with E-state index in [0.717, 1.165) is 38.0 Å². The molecule has 2 fully saturated rings. The molecule has 2 aliphatic carbocycles. The van der Waals surface area contributed by atoms with Crippen LogP contribution in [0.3, 0.4) is 0 Å². The fourth-order valence-corrected chi connectivity index (χ4v) is 5.70. The minimum absolute atomic E-state index is 0.0146. The number of anilines is 1. The molecule has 6 rings (SSSR count). The maximum Gasteiger partial charge on any atom is 0.413 e. The van der Waals surface area contributed by atoms with Gasteiger partial charge in [0, 0.05) is 29.0 Å². The van der Waals surface area contributed by atoms with Crippen molar-refractivity contribution >= 4 is 11.9 Å². The minimum atomic E-state index is -3.02. The second-order valence-corrected chi connectivity index (χ2v) is 9.44. The summed E-state index contributed by atoms with van der Waals surface area (Å²) in [4.78, 5) is 19.9. The lowest BCUT2D eigenvalue weighted by Crippen LogP contribution is -2.31. The highest BCUT2D eigenvalue weighted by molar-refractivity contribution is 5.89. The lowest BCUT2D eigenvalue weighted by atomic mass is 9.86. The van der Waals surface area contributed by atoms with Crippen LogP contribution in [-0.4, -0.2) is 51.3 Å². The Kier molecular flexibility index (Phi) is 4.34. The van der Waals surface area contributed by atoms with Crippen LogP contribution in [0.1, 0.15) is 48.7 Å². The van der Waals surface area contributed by atoms with Gasteiger partial charge in [0.15, 0.2) is 6.10 Å². The van der Waals surface area contributed by atoms with Crippen LogP contribution in [0.25, 0.3) is 11.4 Å². The zero-order chi connectivity index (χ0) is 23.1. The SMILES string of the molecule is C[C@]12Cc3c(c(-c4ncnc5c4[C@H](C(F)F)OC(=O)N5)nn3C3CCNCC3)C[C@H]1C2(F)F. The van der Waals surface area contributed by atoms with E-state index in [4.69, 9.17) is 9.84 Å². The van der Waals surface area contributed by atoms with E-state index in [-0.39, 0.29) is 41.7 Å². The fourth-order valence-electron chi connectivity index (χ4n) is 5.70. The first-order chi connectivity index (χ1) is 15.7. The molecule has 3 atom stereocenters. The summed E-state index contributed by atoms with van der Waals surface area (Å²) >= 11 is 0. The minimum Gasteiger partial charge on any atom is -0.435 e. The smallest absolute Gasteiger partial charge is 0.413 e. The van der Waals surface area contributed by atoms with Crippen molar-refractivity contribution in [3.05, 3.63) is 23.1 Å². The average Bonchev–Trinajstić information content (AvgIpc) is 3.05. The van der Waals surface area contributed by atoms with Crippen LogP contribution >= 0.6 is 0 Å². The molecule has 176 valence electrons. The Morgan fingerprint density at radius 3 is 2.70 bits per heavy atom. The van der Waals surface area contributed by atoms with Crippen LogP contribution in [0.2, 0.25) is 0 Å². The number of rotatable bonds is 3. The quantitative estimate of drug-likeness (QED) is 0.673. The van der Waals surface area contributed by atoms with Gasteiger partial charge in [-0.15, -0.1) is 0 Å². The van der Waals surface area contributed by atoms with Gasteiger partial charge in [0.2, 0.25) is 0 Å². The van der Waals surface area contributed by atoms with Gasteiger partial charge >= 0.3 is 6.09 Å². The maximum absolute atomic E-state index is 14.7. The van der Waals surface area contributed by atoms with Gasteiger partial charge in [-0.25, -0.2) is 32.3 Å². The van der Waals surface area contributed by atoms with Crippen molar-refractivity contribution in [2.45, 2.75) is 57.1 Å². The number of carbonyl (C=O) groups excluding carboxylic acids is 1. The zero-order valence-electron chi connectivity index (χ0n) is 17.7. The molecular weight excluding hydrogens is 444 g/mol. The van der Waals surface area contributed by atoms with E-state index >= 15 is 0 Å². The molecule has 4 heterocycles. The van der Waals surface area contributed by atoms with Crippen molar-refractivity contribution in [2.75, 3.05) is 18.4 Å². The van der Waals surface area contributed by atoms with Crippen molar-refractivity contribution in [1.82, 2.24) is 25.1 Å². The predicted molar refractivity (Wildman–Crippen MR) is 107 cm³/mol. The summed E-state index contributed by atoms with van der Waals surface area (Å²) in [5.74, 6) is -3.71. The van der Waals surface area contributed by atoms with E-state index in [2.05, 4.69) is 20.6 Å². The molecule has 1 saturated heterocycles. The Balaban J connectivity index is 1.53. The molecule has 2 aromatic heterocycles. The van der Waals surface area contributed by atoms with Crippen LogP contribution in [0, 0.1) is 11.3 Å². The molecule has 12 heteroatoms. The number of nitrogens with one attached hydrogen (secondary N) is 2. The van der Waals surface area contributed by atoms with E-state index < -0.39 is 35.9 Å². The van der Waals surface area contributed by atoms with Crippen molar-refractivity contribution < 1.29 is 27.1 Å². The first kappa shape index (κ1) is 20.8. The Morgan fingerprint density at radius 2 is 1.97 bits per heavy atom. The first-order valence-corrected chi connectivity index (χ1v) is 11.0. The van der Waals surface area contributed by atoms with Crippen molar-refractivity contribution in [2.24, 2.45) is 11.3 Å². The lowest BCUT2D eigenvalue weighted by Gasteiger charge is -2.27. The summed E-state index contributed by atoms with van der Waals surface area (Å²) < 4.78 is 63.7. The maximum atomic E-state index is 14.7. The van der Waals surface area contributed by atoms with Crippen molar-refractivity contribution in [3.63, 3.8) is 0 Å². The standard InChI is InChI=1S/C21H22F4N6O2/c1-20-7-11-10(6-12(20)21(20,24)25)14(30-31(11)9-2-4-26-5-3-9)15-13-16(17(22)23)33-19(32)29-18(13)28-8-27-15/h8-9,12,16-17,26H,2-7H2,1H3,(H,27,28,29,32)/t12-,16-,20+/m1/s1. The number of cyclic esters (lactones) is 1. The molecular formula is C21H22F4N6O2. The van der Waals surface area contributed by atoms with Gasteiger partial charge in [-0.05, 0) is 32.4 Å². The Labute approximate surface area is 186 Å². The van der Waals surface area contributed by atoms with E-state index in [1.165, 1.54) is 0 Å². The molecule has 8 nitrogen and oxygen atoms in total. The molecule has 2 aromatic rings. The van der Waals surface area contributed by atoms with Gasteiger partial charge in [0.05, 0.1) is 11.6 Å². The molecule has 1 amide bonds. The van der Waals surface area contributed by atoms with Gasteiger partial charge in [0.25, 0.3) is 12.3 Å². The van der Waals surface area contributed by atoms with Crippen molar-refractivity contribution in [3.8, 4) is 11.4 Å². The number of alkyl halides is 4. The largest absolute Gasteiger partial charge is 0.435 e. The van der Waals surface area contributed by atoms with Gasteiger partial charge in [-0.1, -0.05) is 6.92 Å². The van der Waals surface area contributed by atoms with E-state index in [0.29, 0.717) is 5.56 Å². The van der Waals surface area contributed by atoms with E-state index in [9.17, 15) is 22.4 Å². The number of nitrogens with zero attached hydrogens (tertiary/aromatic N) is 4. The molecule has 0 bridgehead atoms.